The summed E-state index contributed by atoms with van der Waals surface area (Å²) in [5.41, 5.74) is -0.151. The van der Waals surface area contributed by atoms with E-state index in [1.54, 1.807) is 13.3 Å². The third kappa shape index (κ3) is 3.52. The van der Waals surface area contributed by atoms with Gasteiger partial charge in [0.1, 0.15) is 0 Å². The molecule has 17 heavy (non-hydrogen) atoms. The van der Waals surface area contributed by atoms with Gasteiger partial charge in [0.2, 0.25) is 0 Å². The van der Waals surface area contributed by atoms with Crippen LogP contribution in [0.5, 0.6) is 0 Å². The highest BCUT2D eigenvalue weighted by molar-refractivity contribution is 4.95. The van der Waals surface area contributed by atoms with Crippen molar-refractivity contribution in [2.24, 2.45) is 0 Å². The Balaban J connectivity index is 1.97. The lowest BCUT2D eigenvalue weighted by Gasteiger charge is -2.42. The predicted octanol–water partition coefficient (Wildman–Crippen LogP) is 1.30. The van der Waals surface area contributed by atoms with Gasteiger partial charge in [-0.2, -0.15) is 0 Å². The lowest BCUT2D eigenvalue weighted by molar-refractivity contribution is -0.155. The molecule has 1 saturated heterocycles. The molecule has 5 nitrogen and oxygen atoms in total. The van der Waals surface area contributed by atoms with Gasteiger partial charge in [0.15, 0.2) is 5.76 Å². The van der Waals surface area contributed by atoms with Crippen LogP contribution in [-0.2, 0) is 16.0 Å². The van der Waals surface area contributed by atoms with Crippen LogP contribution in [-0.4, -0.2) is 48.6 Å². The molecular weight excluding hydrogens is 220 g/mol. The first kappa shape index (κ1) is 12.5. The van der Waals surface area contributed by atoms with Crippen LogP contribution in [0, 0.1) is 0 Å². The quantitative estimate of drug-likeness (QED) is 0.794. The summed E-state index contributed by atoms with van der Waals surface area (Å²) in [7, 11) is 1.70. The lowest BCUT2D eigenvalue weighted by atomic mass is 10.1. The summed E-state index contributed by atoms with van der Waals surface area (Å²) in [5, 5.41) is 3.72. The fourth-order valence-electron chi connectivity index (χ4n) is 2.35. The summed E-state index contributed by atoms with van der Waals surface area (Å²) in [6.45, 7) is 7.33. The molecule has 2 heterocycles. The van der Waals surface area contributed by atoms with Gasteiger partial charge in [0.25, 0.3) is 0 Å². The van der Waals surface area contributed by atoms with Gasteiger partial charge in [-0.25, -0.2) is 0 Å². The lowest BCUT2D eigenvalue weighted by Crippen LogP contribution is -2.53. The number of rotatable bonds is 4. The second-order valence-electron chi connectivity index (χ2n) is 5.10. The van der Waals surface area contributed by atoms with Gasteiger partial charge in [-0.05, 0) is 13.8 Å². The fraction of sp³-hybridized carbons (Fsp3) is 0.750. The van der Waals surface area contributed by atoms with E-state index in [0.29, 0.717) is 6.61 Å². The molecular formula is C12H20N2O3. The van der Waals surface area contributed by atoms with Crippen LogP contribution in [0.15, 0.2) is 16.8 Å². The van der Waals surface area contributed by atoms with Crippen molar-refractivity contribution in [1.82, 2.24) is 10.1 Å². The smallest absolute Gasteiger partial charge is 0.150 e. The topological polar surface area (TPSA) is 47.7 Å². The summed E-state index contributed by atoms with van der Waals surface area (Å²) in [6, 6.07) is 1.90. The van der Waals surface area contributed by atoms with E-state index in [1.165, 1.54) is 0 Å². The van der Waals surface area contributed by atoms with Crippen molar-refractivity contribution in [2.45, 2.75) is 32.1 Å². The van der Waals surface area contributed by atoms with Crippen LogP contribution in [0.1, 0.15) is 19.6 Å². The zero-order chi connectivity index (χ0) is 12.3. The maximum Gasteiger partial charge on any atom is 0.150 e. The third-order valence-electron chi connectivity index (χ3n) is 2.78. The standard InChI is InChI=1S/C12H20N2O3/c1-12(2)9-14(6-10-4-5-13-17-10)7-11(16-12)8-15-3/h4-5,11H,6-9H2,1-3H3/t11-/m1/s1. The Labute approximate surface area is 102 Å². The first-order chi connectivity index (χ1) is 8.09. The van der Waals surface area contributed by atoms with Crippen molar-refractivity contribution in [3.05, 3.63) is 18.0 Å². The molecule has 0 spiro atoms. The second kappa shape index (κ2) is 5.16. The summed E-state index contributed by atoms with van der Waals surface area (Å²) in [6.07, 6.45) is 1.79. The zero-order valence-corrected chi connectivity index (χ0v) is 10.7. The molecule has 1 aliphatic rings. The van der Waals surface area contributed by atoms with Crippen molar-refractivity contribution in [2.75, 3.05) is 26.8 Å². The van der Waals surface area contributed by atoms with Gasteiger partial charge in [-0.1, -0.05) is 5.16 Å². The highest BCUT2D eigenvalue weighted by atomic mass is 16.5. The molecule has 0 amide bonds. The SMILES string of the molecule is COC[C@H]1CN(Cc2ccno2)CC(C)(C)O1. The Morgan fingerprint density at radius 2 is 2.41 bits per heavy atom. The molecule has 0 unspecified atom stereocenters. The van der Waals surface area contributed by atoms with Gasteiger partial charge in [0.05, 0.1) is 31.1 Å². The minimum atomic E-state index is -0.151. The van der Waals surface area contributed by atoms with E-state index >= 15 is 0 Å². The molecule has 1 atom stereocenters. The van der Waals surface area contributed by atoms with Crippen LogP contribution in [0.2, 0.25) is 0 Å². The Hall–Kier alpha value is -0.910. The first-order valence-electron chi connectivity index (χ1n) is 5.88. The number of hydrogen-bond donors (Lipinski definition) is 0. The first-order valence-corrected chi connectivity index (χ1v) is 5.88. The monoisotopic (exact) mass is 240 g/mol. The predicted molar refractivity (Wildman–Crippen MR) is 62.6 cm³/mol. The number of nitrogens with zero attached hydrogens (tertiary/aromatic N) is 2. The molecule has 2 rings (SSSR count). The average molecular weight is 240 g/mol. The van der Waals surface area contributed by atoms with E-state index in [-0.39, 0.29) is 11.7 Å². The molecule has 1 aromatic rings. The summed E-state index contributed by atoms with van der Waals surface area (Å²) < 4.78 is 16.3. The van der Waals surface area contributed by atoms with E-state index in [4.69, 9.17) is 14.0 Å². The molecule has 1 aliphatic heterocycles. The minimum Gasteiger partial charge on any atom is -0.382 e. The van der Waals surface area contributed by atoms with Crippen molar-refractivity contribution in [3.8, 4) is 0 Å². The molecule has 0 N–H and O–H groups in total. The highest BCUT2D eigenvalue weighted by Crippen LogP contribution is 2.22. The van der Waals surface area contributed by atoms with Gasteiger partial charge in [-0.15, -0.1) is 0 Å². The van der Waals surface area contributed by atoms with Gasteiger partial charge >= 0.3 is 0 Å². The van der Waals surface area contributed by atoms with Crippen LogP contribution in [0.3, 0.4) is 0 Å². The fourth-order valence-corrected chi connectivity index (χ4v) is 2.35. The number of morpholine rings is 1. The van der Waals surface area contributed by atoms with Crippen molar-refractivity contribution >= 4 is 0 Å². The van der Waals surface area contributed by atoms with Crippen LogP contribution in [0.4, 0.5) is 0 Å². The van der Waals surface area contributed by atoms with E-state index in [0.717, 1.165) is 25.4 Å². The van der Waals surface area contributed by atoms with Gasteiger partial charge in [0, 0.05) is 26.3 Å². The average Bonchev–Trinajstić information content (AvgIpc) is 2.68. The van der Waals surface area contributed by atoms with Crippen LogP contribution >= 0.6 is 0 Å². The molecule has 1 fully saturated rings. The second-order valence-corrected chi connectivity index (χ2v) is 5.10. The highest BCUT2D eigenvalue weighted by Gasteiger charge is 2.33. The molecule has 0 saturated carbocycles. The molecule has 5 heteroatoms. The van der Waals surface area contributed by atoms with E-state index in [9.17, 15) is 0 Å². The van der Waals surface area contributed by atoms with E-state index < -0.39 is 0 Å². The molecule has 0 aromatic carbocycles. The zero-order valence-electron chi connectivity index (χ0n) is 10.7. The number of aromatic nitrogens is 1. The Kier molecular flexibility index (Phi) is 3.81. The largest absolute Gasteiger partial charge is 0.382 e. The molecule has 0 radical (unpaired) electrons. The Morgan fingerprint density at radius 3 is 3.06 bits per heavy atom. The van der Waals surface area contributed by atoms with Crippen LogP contribution in [0.25, 0.3) is 0 Å². The summed E-state index contributed by atoms with van der Waals surface area (Å²) >= 11 is 0. The molecule has 0 bridgehead atoms. The molecule has 1 aromatic heterocycles. The van der Waals surface area contributed by atoms with Crippen molar-refractivity contribution < 1.29 is 14.0 Å². The summed E-state index contributed by atoms with van der Waals surface area (Å²) in [5.74, 6) is 0.888. The molecule has 96 valence electrons. The van der Waals surface area contributed by atoms with Crippen molar-refractivity contribution in [1.29, 1.82) is 0 Å². The number of hydrogen-bond acceptors (Lipinski definition) is 5. The molecule has 0 aliphatic carbocycles. The number of methoxy groups -OCH3 is 1. The van der Waals surface area contributed by atoms with E-state index in [2.05, 4.69) is 23.9 Å². The third-order valence-corrected chi connectivity index (χ3v) is 2.78. The van der Waals surface area contributed by atoms with E-state index in [1.807, 2.05) is 6.07 Å². The summed E-state index contributed by atoms with van der Waals surface area (Å²) in [4.78, 5) is 2.31. The normalized spacial score (nSPS) is 25.0. The van der Waals surface area contributed by atoms with Gasteiger partial charge in [-0.3, -0.25) is 4.90 Å². The number of ether oxygens (including phenoxy) is 2. The Bertz CT molecular complexity index is 338. The Morgan fingerprint density at radius 1 is 1.59 bits per heavy atom. The van der Waals surface area contributed by atoms with Crippen LogP contribution < -0.4 is 0 Å². The maximum absolute atomic E-state index is 5.95. The minimum absolute atomic E-state index is 0.117. The van der Waals surface area contributed by atoms with Gasteiger partial charge < -0.3 is 14.0 Å². The maximum atomic E-state index is 5.95. The van der Waals surface area contributed by atoms with Crippen molar-refractivity contribution in [3.63, 3.8) is 0 Å².